The second-order valence-electron chi connectivity index (χ2n) is 5.79. The van der Waals surface area contributed by atoms with Crippen molar-refractivity contribution in [2.24, 2.45) is 22.2 Å². The van der Waals surface area contributed by atoms with Crippen LogP contribution >= 0.6 is 24.8 Å². The number of likely N-dealkylation sites (N-methyl/N-ethyl adjacent to an activating group) is 1. The number of unbranched alkanes of at least 4 members (excludes halogenated alkanes) is 2. The first-order valence-corrected chi connectivity index (χ1v) is 7.98. The van der Waals surface area contributed by atoms with Gasteiger partial charge in [-0.05, 0) is 19.4 Å². The molecule has 26 heavy (non-hydrogen) atoms. The number of aliphatic imine (C=N–C) groups is 1. The molecule has 0 aromatic heterocycles. The Labute approximate surface area is 165 Å². The maximum atomic E-state index is 12.3. The zero-order valence-corrected chi connectivity index (χ0v) is 16.4. The maximum absolute atomic E-state index is 12.3. The van der Waals surface area contributed by atoms with Gasteiger partial charge in [-0.15, -0.1) is 24.8 Å². The van der Waals surface area contributed by atoms with Gasteiger partial charge in [-0.3, -0.25) is 20.2 Å². The van der Waals surface area contributed by atoms with Crippen LogP contribution in [-0.4, -0.2) is 60.9 Å². The van der Waals surface area contributed by atoms with Gasteiger partial charge in [0, 0.05) is 19.5 Å². The van der Waals surface area contributed by atoms with E-state index in [0.29, 0.717) is 6.54 Å². The molecule has 0 saturated carbocycles. The predicted molar refractivity (Wildman–Crippen MR) is 104 cm³/mol. The largest absolute Gasteiger partial charge is 0.351 e. The van der Waals surface area contributed by atoms with Crippen LogP contribution in [0.15, 0.2) is 4.99 Å². The third-order valence-corrected chi connectivity index (χ3v) is 3.78. The monoisotopic (exact) mass is 413 g/mol. The van der Waals surface area contributed by atoms with Gasteiger partial charge in [0.05, 0.1) is 6.54 Å². The number of hydrogen-bond acceptors (Lipinski definition) is 6. The fourth-order valence-corrected chi connectivity index (χ4v) is 2.36. The average Bonchev–Trinajstić information content (AvgIpc) is 2.50. The van der Waals surface area contributed by atoms with Gasteiger partial charge in [-0.1, -0.05) is 12.8 Å². The number of rotatable bonds is 8. The molecule has 8 N–H and O–H groups in total. The molecule has 0 bridgehead atoms. The van der Waals surface area contributed by atoms with Crippen LogP contribution in [0.5, 0.6) is 0 Å². The Kier molecular flexibility index (Phi) is 13.9. The third kappa shape index (κ3) is 9.18. The summed E-state index contributed by atoms with van der Waals surface area (Å²) in [6, 6.07) is -1.81. The number of primary amides is 1. The van der Waals surface area contributed by atoms with E-state index in [0.717, 1.165) is 25.7 Å². The average molecular weight is 414 g/mol. The van der Waals surface area contributed by atoms with Crippen LogP contribution in [0.25, 0.3) is 0 Å². The molecule has 1 aliphatic rings. The minimum absolute atomic E-state index is 0. The summed E-state index contributed by atoms with van der Waals surface area (Å²) in [5.41, 5.74) is 16.4. The van der Waals surface area contributed by atoms with E-state index in [9.17, 15) is 14.4 Å². The number of nitrogens with zero attached hydrogens (tertiary/aromatic N) is 2. The van der Waals surface area contributed by atoms with Crippen molar-refractivity contribution in [3.8, 4) is 0 Å². The van der Waals surface area contributed by atoms with Crippen molar-refractivity contribution in [3.63, 3.8) is 0 Å². The number of carbonyl (C=O) groups is 3. The zero-order valence-electron chi connectivity index (χ0n) is 14.8. The highest BCUT2D eigenvalue weighted by Crippen LogP contribution is 2.09. The summed E-state index contributed by atoms with van der Waals surface area (Å²) in [6.45, 7) is 0.705. The SMILES string of the molecule is CN(C(=O)CC(N)CCCCCN)C1CN=C(NC(N)=O)NC1=O.Cl.Cl. The Hall–Kier alpha value is -1.62. The molecule has 2 atom stereocenters. The fraction of sp³-hybridized carbons (Fsp3) is 0.714. The topological polar surface area (TPSA) is 169 Å². The van der Waals surface area contributed by atoms with E-state index < -0.39 is 18.0 Å². The molecule has 0 radical (unpaired) electrons. The van der Waals surface area contributed by atoms with Crippen molar-refractivity contribution in [1.29, 1.82) is 0 Å². The number of urea groups is 1. The van der Waals surface area contributed by atoms with Crippen LogP contribution in [0.1, 0.15) is 32.1 Å². The van der Waals surface area contributed by atoms with Gasteiger partial charge >= 0.3 is 6.03 Å². The van der Waals surface area contributed by atoms with E-state index in [1.54, 1.807) is 0 Å². The van der Waals surface area contributed by atoms with Gasteiger partial charge in [0.25, 0.3) is 5.91 Å². The van der Waals surface area contributed by atoms with Crippen molar-refractivity contribution in [3.05, 3.63) is 0 Å². The normalized spacial score (nSPS) is 17.0. The van der Waals surface area contributed by atoms with Gasteiger partial charge < -0.3 is 22.1 Å². The van der Waals surface area contributed by atoms with Crippen molar-refractivity contribution in [1.82, 2.24) is 15.5 Å². The molecule has 4 amide bonds. The Morgan fingerprint density at radius 1 is 1.35 bits per heavy atom. The second-order valence-corrected chi connectivity index (χ2v) is 5.79. The van der Waals surface area contributed by atoms with E-state index in [-0.39, 0.29) is 55.7 Å². The smallest absolute Gasteiger partial charge is 0.318 e. The summed E-state index contributed by atoms with van der Waals surface area (Å²) in [4.78, 5) is 40.4. The van der Waals surface area contributed by atoms with E-state index >= 15 is 0 Å². The van der Waals surface area contributed by atoms with Crippen LogP contribution < -0.4 is 27.8 Å². The first-order chi connectivity index (χ1) is 11.3. The number of hydrogen-bond donors (Lipinski definition) is 5. The van der Waals surface area contributed by atoms with Crippen LogP contribution in [0.3, 0.4) is 0 Å². The Balaban J connectivity index is 0. The van der Waals surface area contributed by atoms with Crippen LogP contribution in [0.2, 0.25) is 0 Å². The van der Waals surface area contributed by atoms with Crippen molar-refractivity contribution >= 4 is 48.6 Å². The molecule has 0 saturated heterocycles. The Bertz CT molecular complexity index is 505. The lowest BCUT2D eigenvalue weighted by molar-refractivity contribution is -0.138. The van der Waals surface area contributed by atoms with E-state index in [4.69, 9.17) is 17.2 Å². The Morgan fingerprint density at radius 2 is 2.00 bits per heavy atom. The molecule has 2 unspecified atom stereocenters. The third-order valence-electron chi connectivity index (χ3n) is 3.78. The molecule has 0 spiro atoms. The lowest BCUT2D eigenvalue weighted by Crippen LogP contribution is -2.58. The van der Waals surface area contributed by atoms with Crippen LogP contribution in [0, 0.1) is 0 Å². The van der Waals surface area contributed by atoms with Crippen molar-refractivity contribution < 1.29 is 14.4 Å². The molecule has 1 aliphatic heterocycles. The number of nitrogens with one attached hydrogen (secondary N) is 2. The molecule has 12 heteroatoms. The van der Waals surface area contributed by atoms with E-state index in [2.05, 4.69) is 15.6 Å². The molecular formula is C14H29Cl2N7O3. The highest BCUT2D eigenvalue weighted by molar-refractivity contribution is 6.07. The summed E-state index contributed by atoms with van der Waals surface area (Å²) in [5.74, 6) is -0.662. The quantitative estimate of drug-likeness (QED) is 0.322. The minimum atomic E-state index is -0.822. The van der Waals surface area contributed by atoms with Crippen LogP contribution in [0.4, 0.5) is 4.79 Å². The highest BCUT2D eigenvalue weighted by Gasteiger charge is 2.31. The van der Waals surface area contributed by atoms with Gasteiger partial charge in [-0.2, -0.15) is 0 Å². The Morgan fingerprint density at radius 3 is 2.54 bits per heavy atom. The standard InChI is InChI=1S/C14H27N7O3.2ClH/c1-21(11(22)7-9(16)5-3-2-4-6-15)10-8-18-14(19-12(10)23)20-13(17)24;;/h9-10H,2-8,15-16H2,1H3,(H4,17,18,19,20,23,24);2*1H. The van der Waals surface area contributed by atoms with Crippen molar-refractivity contribution in [2.45, 2.75) is 44.2 Å². The summed E-state index contributed by atoms with van der Waals surface area (Å²) >= 11 is 0. The van der Waals surface area contributed by atoms with E-state index in [1.807, 2.05) is 0 Å². The molecule has 10 nitrogen and oxygen atoms in total. The van der Waals surface area contributed by atoms with Gasteiger partial charge in [0.2, 0.25) is 11.9 Å². The molecule has 1 rings (SSSR count). The van der Waals surface area contributed by atoms with Crippen molar-refractivity contribution in [2.75, 3.05) is 20.1 Å². The van der Waals surface area contributed by atoms with Gasteiger partial charge in [-0.25, -0.2) is 9.79 Å². The maximum Gasteiger partial charge on any atom is 0.318 e. The van der Waals surface area contributed by atoms with E-state index in [1.165, 1.54) is 11.9 Å². The summed E-state index contributed by atoms with van der Waals surface area (Å²) in [5, 5.41) is 4.59. The molecular weight excluding hydrogens is 385 g/mol. The van der Waals surface area contributed by atoms with Crippen LogP contribution in [-0.2, 0) is 9.59 Å². The predicted octanol–water partition coefficient (Wildman–Crippen LogP) is -0.952. The molecule has 1 heterocycles. The number of halogens is 2. The summed E-state index contributed by atoms with van der Waals surface area (Å²) < 4.78 is 0. The highest BCUT2D eigenvalue weighted by atomic mass is 35.5. The fourth-order valence-electron chi connectivity index (χ4n) is 2.36. The number of amides is 4. The lowest BCUT2D eigenvalue weighted by atomic mass is 10.0. The molecule has 0 aromatic rings. The molecule has 0 fully saturated rings. The number of guanidine groups is 1. The summed E-state index contributed by atoms with van der Waals surface area (Å²) in [6.07, 6.45) is 3.76. The number of carbonyl (C=O) groups excluding carboxylic acids is 3. The molecule has 152 valence electrons. The molecule has 0 aromatic carbocycles. The summed E-state index contributed by atoms with van der Waals surface area (Å²) in [7, 11) is 1.54. The first kappa shape index (κ1) is 26.6. The number of nitrogens with two attached hydrogens (primary N) is 3. The first-order valence-electron chi connectivity index (χ1n) is 7.98. The second kappa shape index (κ2) is 13.6. The zero-order chi connectivity index (χ0) is 18.1. The lowest BCUT2D eigenvalue weighted by Gasteiger charge is -2.30. The van der Waals surface area contributed by atoms with Gasteiger partial charge in [0.1, 0.15) is 6.04 Å². The molecule has 0 aliphatic carbocycles. The van der Waals surface area contributed by atoms with Gasteiger partial charge in [0.15, 0.2) is 0 Å². The minimum Gasteiger partial charge on any atom is -0.351 e.